The van der Waals surface area contributed by atoms with Gasteiger partial charge in [-0.3, -0.25) is 9.59 Å². The van der Waals surface area contributed by atoms with Crippen molar-refractivity contribution < 1.29 is 28.9 Å². The molecular formula is C17H21NO6. The highest BCUT2D eigenvalue weighted by Crippen LogP contribution is 2.44. The number of ether oxygens (including phenoxy) is 3. The minimum Gasteiger partial charge on any atom is -0.486 e. The van der Waals surface area contributed by atoms with Crippen LogP contribution in [-0.4, -0.2) is 55.4 Å². The number of carbonyl (C=O) groups excluding carboxylic acids is 1. The SMILES string of the molecule is COCCN1C(=O)CCC(C(=O)O)C1c1cccc2c1OCCO2. The van der Waals surface area contributed by atoms with Crippen molar-refractivity contribution in [3.05, 3.63) is 23.8 Å². The lowest BCUT2D eigenvalue weighted by molar-refractivity contribution is -0.152. The molecule has 1 N–H and O–H groups in total. The summed E-state index contributed by atoms with van der Waals surface area (Å²) in [5.74, 6) is -0.533. The van der Waals surface area contributed by atoms with Crippen molar-refractivity contribution in [2.75, 3.05) is 33.5 Å². The van der Waals surface area contributed by atoms with Crippen LogP contribution in [0.5, 0.6) is 11.5 Å². The van der Waals surface area contributed by atoms with Crippen LogP contribution in [0.25, 0.3) is 0 Å². The number of likely N-dealkylation sites (tertiary alicyclic amines) is 1. The minimum atomic E-state index is -0.913. The monoisotopic (exact) mass is 335 g/mol. The van der Waals surface area contributed by atoms with Crippen LogP contribution in [-0.2, 0) is 14.3 Å². The van der Waals surface area contributed by atoms with Crippen LogP contribution >= 0.6 is 0 Å². The van der Waals surface area contributed by atoms with Gasteiger partial charge in [-0.2, -0.15) is 0 Å². The lowest BCUT2D eigenvalue weighted by Gasteiger charge is -2.40. The predicted octanol–water partition coefficient (Wildman–Crippen LogP) is 1.47. The van der Waals surface area contributed by atoms with Gasteiger partial charge >= 0.3 is 5.97 Å². The molecule has 0 saturated carbocycles. The Hall–Kier alpha value is -2.28. The highest BCUT2D eigenvalue weighted by Gasteiger charge is 2.42. The summed E-state index contributed by atoms with van der Waals surface area (Å²) in [7, 11) is 1.56. The van der Waals surface area contributed by atoms with Gasteiger partial charge in [0.15, 0.2) is 11.5 Å². The second-order valence-corrected chi connectivity index (χ2v) is 5.88. The van der Waals surface area contributed by atoms with Crippen molar-refractivity contribution in [3.8, 4) is 11.5 Å². The molecule has 1 aromatic rings. The summed E-state index contributed by atoms with van der Waals surface area (Å²) in [6, 6.07) is 4.82. The topological polar surface area (TPSA) is 85.3 Å². The zero-order valence-corrected chi connectivity index (χ0v) is 13.6. The number of carbonyl (C=O) groups is 2. The Balaban J connectivity index is 2.04. The molecule has 1 fully saturated rings. The number of carboxylic acid groups (broad SMARTS) is 1. The van der Waals surface area contributed by atoms with E-state index in [0.717, 1.165) is 0 Å². The second-order valence-electron chi connectivity index (χ2n) is 5.88. The molecule has 7 nitrogen and oxygen atoms in total. The van der Waals surface area contributed by atoms with Gasteiger partial charge < -0.3 is 24.2 Å². The first-order valence-electron chi connectivity index (χ1n) is 8.03. The highest BCUT2D eigenvalue weighted by atomic mass is 16.6. The number of fused-ring (bicyclic) bond motifs is 1. The molecule has 0 aromatic heterocycles. The van der Waals surface area contributed by atoms with Crippen molar-refractivity contribution in [2.24, 2.45) is 5.92 Å². The van der Waals surface area contributed by atoms with Gasteiger partial charge in [0, 0.05) is 25.6 Å². The summed E-state index contributed by atoms with van der Waals surface area (Å²) in [5.41, 5.74) is 0.684. The number of hydrogen-bond donors (Lipinski definition) is 1. The van der Waals surface area contributed by atoms with E-state index >= 15 is 0 Å². The van der Waals surface area contributed by atoms with E-state index in [0.29, 0.717) is 49.8 Å². The smallest absolute Gasteiger partial charge is 0.308 e. The fraction of sp³-hybridized carbons (Fsp3) is 0.529. The van der Waals surface area contributed by atoms with Crippen LogP contribution in [0.15, 0.2) is 18.2 Å². The van der Waals surface area contributed by atoms with Gasteiger partial charge in [-0.15, -0.1) is 0 Å². The van der Waals surface area contributed by atoms with Crippen molar-refractivity contribution in [1.82, 2.24) is 4.90 Å². The summed E-state index contributed by atoms with van der Waals surface area (Å²) in [4.78, 5) is 25.8. The molecule has 0 radical (unpaired) electrons. The first kappa shape index (κ1) is 16.6. The maximum absolute atomic E-state index is 12.4. The summed E-state index contributed by atoms with van der Waals surface area (Å²) in [6.07, 6.45) is 0.538. The molecule has 0 spiro atoms. The fourth-order valence-electron chi connectivity index (χ4n) is 3.38. The Kier molecular flexibility index (Phi) is 4.89. The Labute approximate surface area is 140 Å². The molecule has 24 heavy (non-hydrogen) atoms. The van der Waals surface area contributed by atoms with Crippen molar-refractivity contribution in [3.63, 3.8) is 0 Å². The highest BCUT2D eigenvalue weighted by molar-refractivity contribution is 5.82. The van der Waals surface area contributed by atoms with E-state index in [4.69, 9.17) is 14.2 Å². The summed E-state index contributed by atoms with van der Waals surface area (Å²) >= 11 is 0. The lowest BCUT2D eigenvalue weighted by Crippen LogP contribution is -2.46. The number of rotatable bonds is 5. The predicted molar refractivity (Wildman–Crippen MR) is 84.1 cm³/mol. The average Bonchev–Trinajstić information content (AvgIpc) is 2.59. The lowest BCUT2D eigenvalue weighted by atomic mass is 9.83. The molecule has 2 unspecified atom stereocenters. The number of benzene rings is 1. The third kappa shape index (κ3) is 3.03. The molecule has 1 saturated heterocycles. The van der Waals surface area contributed by atoms with Crippen LogP contribution in [0, 0.1) is 5.92 Å². The van der Waals surface area contributed by atoms with Gasteiger partial charge in [0.05, 0.1) is 18.6 Å². The molecule has 2 aliphatic heterocycles. The Morgan fingerprint density at radius 2 is 2.17 bits per heavy atom. The first-order valence-corrected chi connectivity index (χ1v) is 8.03. The van der Waals surface area contributed by atoms with Crippen LogP contribution in [0.2, 0.25) is 0 Å². The van der Waals surface area contributed by atoms with E-state index in [1.165, 1.54) is 0 Å². The van der Waals surface area contributed by atoms with E-state index in [1.54, 1.807) is 24.1 Å². The normalized spacial score (nSPS) is 23.2. The summed E-state index contributed by atoms with van der Waals surface area (Å²) in [6.45, 7) is 1.55. The van der Waals surface area contributed by atoms with Gasteiger partial charge in [-0.05, 0) is 12.5 Å². The Morgan fingerprint density at radius 1 is 1.38 bits per heavy atom. The van der Waals surface area contributed by atoms with Crippen molar-refractivity contribution in [1.29, 1.82) is 0 Å². The molecule has 0 aliphatic carbocycles. The number of piperidine rings is 1. The van der Waals surface area contributed by atoms with Gasteiger partial charge in [-0.25, -0.2) is 0 Å². The summed E-state index contributed by atoms with van der Waals surface area (Å²) < 4.78 is 16.4. The number of nitrogens with zero attached hydrogens (tertiary/aromatic N) is 1. The molecular weight excluding hydrogens is 314 g/mol. The zero-order chi connectivity index (χ0) is 17.1. The quantitative estimate of drug-likeness (QED) is 0.877. The molecule has 1 amide bonds. The number of aliphatic carboxylic acids is 1. The molecule has 1 aromatic carbocycles. The number of methoxy groups -OCH3 is 1. The Morgan fingerprint density at radius 3 is 2.92 bits per heavy atom. The van der Waals surface area contributed by atoms with Gasteiger partial charge in [0.1, 0.15) is 13.2 Å². The standard InChI is InChI=1S/C17H21NO6/c1-22-8-7-18-14(19)6-5-12(17(20)21)15(18)11-3-2-4-13-16(11)24-10-9-23-13/h2-4,12,15H,5-10H2,1H3,(H,20,21). The van der Waals surface area contributed by atoms with Gasteiger partial charge in [0.2, 0.25) is 5.91 Å². The number of carboxylic acids is 1. The van der Waals surface area contributed by atoms with Crippen molar-refractivity contribution >= 4 is 11.9 Å². The fourth-order valence-corrected chi connectivity index (χ4v) is 3.38. The van der Waals surface area contributed by atoms with Crippen LogP contribution in [0.4, 0.5) is 0 Å². The van der Waals surface area contributed by atoms with Gasteiger partial charge in [-0.1, -0.05) is 12.1 Å². The van der Waals surface area contributed by atoms with E-state index in [9.17, 15) is 14.7 Å². The van der Waals surface area contributed by atoms with Gasteiger partial charge in [0.25, 0.3) is 0 Å². The summed E-state index contributed by atoms with van der Waals surface area (Å²) in [5, 5.41) is 9.66. The molecule has 7 heteroatoms. The average molecular weight is 335 g/mol. The maximum atomic E-state index is 12.4. The largest absolute Gasteiger partial charge is 0.486 e. The zero-order valence-electron chi connectivity index (χ0n) is 13.6. The minimum absolute atomic E-state index is 0.0659. The third-order valence-electron chi connectivity index (χ3n) is 4.48. The third-order valence-corrected chi connectivity index (χ3v) is 4.48. The molecule has 2 atom stereocenters. The van der Waals surface area contributed by atoms with E-state index < -0.39 is 17.9 Å². The Bertz CT molecular complexity index is 632. The van der Waals surface area contributed by atoms with E-state index in [2.05, 4.69) is 0 Å². The molecule has 0 bridgehead atoms. The molecule has 130 valence electrons. The number of para-hydroxylation sites is 1. The molecule has 2 heterocycles. The van der Waals surface area contributed by atoms with Crippen molar-refractivity contribution in [2.45, 2.75) is 18.9 Å². The number of hydrogen-bond acceptors (Lipinski definition) is 5. The van der Waals surface area contributed by atoms with Crippen LogP contribution in [0.3, 0.4) is 0 Å². The second kappa shape index (κ2) is 7.09. The molecule has 3 rings (SSSR count). The van der Waals surface area contributed by atoms with Crippen LogP contribution in [0.1, 0.15) is 24.4 Å². The number of amides is 1. The molecule has 2 aliphatic rings. The van der Waals surface area contributed by atoms with Crippen LogP contribution < -0.4 is 9.47 Å². The first-order chi connectivity index (χ1) is 11.6. The maximum Gasteiger partial charge on any atom is 0.308 e. The van der Waals surface area contributed by atoms with E-state index in [1.807, 2.05) is 6.07 Å². The van der Waals surface area contributed by atoms with E-state index in [-0.39, 0.29) is 12.3 Å².